The molecule has 0 aliphatic carbocycles. The van der Waals surface area contributed by atoms with Gasteiger partial charge in [-0.1, -0.05) is 37.6 Å². The first-order valence-corrected chi connectivity index (χ1v) is 7.23. The lowest BCUT2D eigenvalue weighted by Gasteiger charge is -2.30. The Bertz CT molecular complexity index is 341. The van der Waals surface area contributed by atoms with Crippen LogP contribution in [0.5, 0.6) is 0 Å². The Hall–Kier alpha value is -0.860. The van der Waals surface area contributed by atoms with Crippen LogP contribution in [0, 0.1) is 0 Å². The molecular weight excluding hydrogens is 222 g/mol. The number of hydrogen-bond acceptors (Lipinski definition) is 2. The molecule has 0 aromatic heterocycles. The highest BCUT2D eigenvalue weighted by Gasteiger charge is 2.24. The molecule has 0 radical (unpaired) electrons. The van der Waals surface area contributed by atoms with Crippen molar-refractivity contribution in [1.82, 2.24) is 5.32 Å². The van der Waals surface area contributed by atoms with E-state index < -0.39 is 0 Å². The minimum atomic E-state index is 0.334. The molecule has 100 valence electrons. The van der Waals surface area contributed by atoms with Crippen LogP contribution in [-0.2, 0) is 11.2 Å². The van der Waals surface area contributed by atoms with Gasteiger partial charge in [-0.3, -0.25) is 0 Å². The molecule has 0 spiro atoms. The number of likely N-dealkylation sites (N-methyl/N-ethyl adjacent to an activating group) is 1. The molecule has 2 rings (SSSR count). The third-order valence-electron chi connectivity index (χ3n) is 3.78. The number of rotatable bonds is 5. The Balaban J connectivity index is 2.06. The molecule has 1 saturated heterocycles. The molecule has 0 saturated carbocycles. The van der Waals surface area contributed by atoms with Crippen molar-refractivity contribution >= 4 is 0 Å². The lowest BCUT2D eigenvalue weighted by atomic mass is 9.95. The zero-order valence-corrected chi connectivity index (χ0v) is 11.6. The fourth-order valence-electron chi connectivity index (χ4n) is 2.78. The maximum Gasteiger partial charge on any atom is 0.0769 e. The van der Waals surface area contributed by atoms with Crippen molar-refractivity contribution in [1.29, 1.82) is 0 Å². The topological polar surface area (TPSA) is 21.3 Å². The van der Waals surface area contributed by atoms with E-state index >= 15 is 0 Å². The van der Waals surface area contributed by atoms with Crippen molar-refractivity contribution in [3.63, 3.8) is 0 Å². The van der Waals surface area contributed by atoms with Crippen molar-refractivity contribution in [3.8, 4) is 0 Å². The molecule has 1 fully saturated rings. The van der Waals surface area contributed by atoms with Crippen LogP contribution in [0.1, 0.15) is 49.8 Å². The number of nitrogens with one attached hydrogen (secondary N) is 1. The zero-order valence-electron chi connectivity index (χ0n) is 11.6. The Morgan fingerprint density at radius 2 is 2.06 bits per heavy atom. The minimum absolute atomic E-state index is 0.334. The summed E-state index contributed by atoms with van der Waals surface area (Å²) >= 11 is 0. The average Bonchev–Trinajstić information content (AvgIpc) is 2.43. The summed E-state index contributed by atoms with van der Waals surface area (Å²) in [6.45, 7) is 3.14. The monoisotopic (exact) mass is 247 g/mol. The van der Waals surface area contributed by atoms with E-state index in [1.165, 1.54) is 43.2 Å². The molecule has 1 aromatic carbocycles. The Morgan fingerprint density at radius 1 is 1.28 bits per heavy atom. The molecule has 0 bridgehead atoms. The predicted octanol–water partition coefficient (Wildman–Crippen LogP) is 3.47. The Morgan fingerprint density at radius 3 is 2.61 bits per heavy atom. The van der Waals surface area contributed by atoms with Gasteiger partial charge in [-0.05, 0) is 43.9 Å². The first-order chi connectivity index (χ1) is 8.85. The molecule has 1 aromatic rings. The van der Waals surface area contributed by atoms with Crippen molar-refractivity contribution in [2.45, 2.75) is 51.2 Å². The second-order valence-corrected chi connectivity index (χ2v) is 5.16. The van der Waals surface area contributed by atoms with Crippen LogP contribution in [0.4, 0.5) is 0 Å². The van der Waals surface area contributed by atoms with Crippen molar-refractivity contribution in [3.05, 3.63) is 35.4 Å². The van der Waals surface area contributed by atoms with Crippen molar-refractivity contribution in [2.75, 3.05) is 13.7 Å². The van der Waals surface area contributed by atoms with Crippen LogP contribution in [0.15, 0.2) is 24.3 Å². The van der Waals surface area contributed by atoms with E-state index in [2.05, 4.69) is 36.5 Å². The van der Waals surface area contributed by atoms with Gasteiger partial charge in [0.15, 0.2) is 0 Å². The SMILES string of the molecule is CCCc1ccc(C(NC)C2CCCCO2)cc1. The molecular formula is C16H25NO. The largest absolute Gasteiger partial charge is 0.376 e. The van der Waals surface area contributed by atoms with E-state index in [4.69, 9.17) is 4.74 Å². The number of hydrogen-bond donors (Lipinski definition) is 1. The van der Waals surface area contributed by atoms with E-state index in [0.717, 1.165) is 6.61 Å². The summed E-state index contributed by atoms with van der Waals surface area (Å²) in [5.41, 5.74) is 2.78. The van der Waals surface area contributed by atoms with Crippen LogP contribution in [0.25, 0.3) is 0 Å². The summed E-state index contributed by atoms with van der Waals surface area (Å²) in [6, 6.07) is 9.35. The maximum absolute atomic E-state index is 5.90. The molecule has 18 heavy (non-hydrogen) atoms. The Labute approximate surface area is 111 Å². The molecule has 1 aliphatic rings. The summed E-state index contributed by atoms with van der Waals surface area (Å²) in [4.78, 5) is 0. The molecule has 2 unspecified atom stereocenters. The molecule has 1 heterocycles. The fourth-order valence-corrected chi connectivity index (χ4v) is 2.78. The summed E-state index contributed by atoms with van der Waals surface area (Å²) in [7, 11) is 2.03. The van der Waals surface area contributed by atoms with Crippen molar-refractivity contribution < 1.29 is 4.74 Å². The van der Waals surface area contributed by atoms with Gasteiger partial charge in [-0.25, -0.2) is 0 Å². The quantitative estimate of drug-likeness (QED) is 0.860. The van der Waals surface area contributed by atoms with Gasteiger partial charge in [0.2, 0.25) is 0 Å². The van der Waals surface area contributed by atoms with Gasteiger partial charge in [-0.15, -0.1) is 0 Å². The van der Waals surface area contributed by atoms with Gasteiger partial charge >= 0.3 is 0 Å². The van der Waals surface area contributed by atoms with Gasteiger partial charge in [0.25, 0.3) is 0 Å². The molecule has 2 nitrogen and oxygen atoms in total. The lowest BCUT2D eigenvalue weighted by molar-refractivity contribution is -0.00662. The van der Waals surface area contributed by atoms with Gasteiger partial charge in [0, 0.05) is 6.61 Å². The van der Waals surface area contributed by atoms with E-state index in [9.17, 15) is 0 Å². The van der Waals surface area contributed by atoms with Gasteiger partial charge < -0.3 is 10.1 Å². The molecule has 1 N–H and O–H groups in total. The van der Waals surface area contributed by atoms with Gasteiger partial charge in [0.1, 0.15) is 0 Å². The third-order valence-corrected chi connectivity index (χ3v) is 3.78. The molecule has 1 aliphatic heterocycles. The standard InChI is InChI=1S/C16H25NO/c1-3-6-13-8-10-14(11-9-13)16(17-2)15-7-4-5-12-18-15/h8-11,15-17H,3-7,12H2,1-2H3. The minimum Gasteiger partial charge on any atom is -0.376 e. The maximum atomic E-state index is 5.90. The second kappa shape index (κ2) is 6.91. The average molecular weight is 247 g/mol. The summed E-state index contributed by atoms with van der Waals surface area (Å²) in [5.74, 6) is 0. The van der Waals surface area contributed by atoms with Crippen LogP contribution < -0.4 is 5.32 Å². The summed E-state index contributed by atoms with van der Waals surface area (Å²) < 4.78 is 5.90. The van der Waals surface area contributed by atoms with Crippen molar-refractivity contribution in [2.24, 2.45) is 0 Å². The van der Waals surface area contributed by atoms with E-state index in [1.54, 1.807) is 0 Å². The zero-order chi connectivity index (χ0) is 12.8. The smallest absolute Gasteiger partial charge is 0.0769 e. The fraction of sp³-hybridized carbons (Fsp3) is 0.625. The van der Waals surface area contributed by atoms with Gasteiger partial charge in [0.05, 0.1) is 12.1 Å². The molecule has 0 amide bonds. The highest BCUT2D eigenvalue weighted by Crippen LogP contribution is 2.26. The van der Waals surface area contributed by atoms with Crippen LogP contribution in [0.3, 0.4) is 0 Å². The third kappa shape index (κ3) is 3.33. The van der Waals surface area contributed by atoms with E-state index in [-0.39, 0.29) is 0 Å². The summed E-state index contributed by atoms with van der Waals surface area (Å²) in [6.07, 6.45) is 6.38. The van der Waals surface area contributed by atoms with E-state index in [0.29, 0.717) is 12.1 Å². The normalized spacial score (nSPS) is 21.8. The first kappa shape index (κ1) is 13.6. The highest BCUT2D eigenvalue weighted by molar-refractivity contribution is 5.26. The lowest BCUT2D eigenvalue weighted by Crippen LogP contribution is -2.34. The number of ether oxygens (including phenoxy) is 1. The highest BCUT2D eigenvalue weighted by atomic mass is 16.5. The second-order valence-electron chi connectivity index (χ2n) is 5.16. The Kier molecular flexibility index (Phi) is 5.21. The first-order valence-electron chi connectivity index (χ1n) is 7.23. The van der Waals surface area contributed by atoms with E-state index in [1.807, 2.05) is 7.05 Å². The predicted molar refractivity (Wildman–Crippen MR) is 75.8 cm³/mol. The van der Waals surface area contributed by atoms with Crippen LogP contribution in [-0.4, -0.2) is 19.8 Å². The number of aryl methyl sites for hydroxylation is 1. The van der Waals surface area contributed by atoms with Crippen LogP contribution in [0.2, 0.25) is 0 Å². The van der Waals surface area contributed by atoms with Crippen LogP contribution >= 0.6 is 0 Å². The molecule has 2 heteroatoms. The number of benzene rings is 1. The van der Waals surface area contributed by atoms with Gasteiger partial charge in [-0.2, -0.15) is 0 Å². The molecule has 2 atom stereocenters. The summed E-state index contributed by atoms with van der Waals surface area (Å²) in [5, 5.41) is 3.41.